The van der Waals surface area contributed by atoms with Crippen LogP contribution in [0.1, 0.15) is 136 Å². The Kier molecular flexibility index (Phi) is 24.4. The molecule has 0 aliphatic heterocycles. The van der Waals surface area contributed by atoms with E-state index >= 15 is 0 Å². The first kappa shape index (κ1) is 32.1. The molecule has 0 aliphatic rings. The zero-order valence-corrected chi connectivity index (χ0v) is 22.5. The number of hydrogen-bond acceptors (Lipinski definition) is 4. The molecule has 29 heavy (non-hydrogen) atoms. The number of aliphatic hydroxyl groups is 1. The molecule has 170 valence electrons. The van der Waals surface area contributed by atoms with Crippen LogP contribution in [-0.2, 0) is 10.1 Å². The van der Waals surface area contributed by atoms with E-state index in [0.717, 1.165) is 64.2 Å². The topological polar surface area (TPSA) is 77.4 Å². The minimum atomic E-state index is -4.14. The van der Waals surface area contributed by atoms with Crippen molar-refractivity contribution in [3.63, 3.8) is 0 Å². The maximum atomic E-state index is 11.4. The first-order valence-electron chi connectivity index (χ1n) is 12.0. The fraction of sp³-hybridized carbons (Fsp3) is 1.00. The molecule has 0 rings (SSSR count). The molecule has 6 heteroatoms. The summed E-state index contributed by atoms with van der Waals surface area (Å²) in [4.78, 5) is 0. The van der Waals surface area contributed by atoms with Crippen LogP contribution in [0.25, 0.3) is 0 Å². The number of hydrogen-bond donors (Lipinski definition) is 1. The quantitative estimate of drug-likeness (QED) is 0.167. The molecule has 0 heterocycles. The Morgan fingerprint density at radius 2 is 0.931 bits per heavy atom. The fourth-order valence-corrected chi connectivity index (χ4v) is 4.73. The van der Waals surface area contributed by atoms with Gasteiger partial charge in [0.2, 0.25) is 0 Å². The monoisotopic (exact) mass is 442 g/mol. The SMILES string of the molecule is CCCCCCC(O)CCCCCCCCCCC(CCCCC)S(=O)(=O)[O-].[Na+]. The van der Waals surface area contributed by atoms with Crippen molar-refractivity contribution in [2.75, 3.05) is 0 Å². The van der Waals surface area contributed by atoms with Crippen LogP contribution in [-0.4, -0.2) is 29.4 Å². The molecule has 0 aliphatic carbocycles. The Hall–Kier alpha value is 0.870. The predicted molar refractivity (Wildman–Crippen MR) is 119 cm³/mol. The summed E-state index contributed by atoms with van der Waals surface area (Å²) in [5.41, 5.74) is 0. The Morgan fingerprint density at radius 1 is 0.621 bits per heavy atom. The van der Waals surface area contributed by atoms with Crippen LogP contribution >= 0.6 is 0 Å². The molecule has 2 unspecified atom stereocenters. The summed E-state index contributed by atoms with van der Waals surface area (Å²) in [6, 6.07) is 0. The van der Waals surface area contributed by atoms with E-state index in [9.17, 15) is 18.1 Å². The second-order valence-corrected chi connectivity index (χ2v) is 10.2. The molecule has 0 aromatic heterocycles. The molecule has 0 aromatic rings. The van der Waals surface area contributed by atoms with Gasteiger partial charge in [0.25, 0.3) is 0 Å². The van der Waals surface area contributed by atoms with Crippen molar-refractivity contribution < 1.29 is 47.6 Å². The van der Waals surface area contributed by atoms with Crippen LogP contribution in [0.2, 0.25) is 0 Å². The Balaban J connectivity index is 0. The molecule has 0 saturated heterocycles. The molecule has 4 nitrogen and oxygen atoms in total. The van der Waals surface area contributed by atoms with E-state index in [4.69, 9.17) is 0 Å². The number of rotatable bonds is 21. The van der Waals surface area contributed by atoms with Crippen molar-refractivity contribution in [1.82, 2.24) is 0 Å². The Morgan fingerprint density at radius 3 is 1.34 bits per heavy atom. The van der Waals surface area contributed by atoms with E-state index < -0.39 is 15.4 Å². The summed E-state index contributed by atoms with van der Waals surface area (Å²) in [5, 5.41) is 9.28. The maximum Gasteiger partial charge on any atom is 1.00 e. The molecule has 0 aromatic carbocycles. The van der Waals surface area contributed by atoms with Gasteiger partial charge in [-0.15, -0.1) is 0 Å². The summed E-state index contributed by atoms with van der Waals surface area (Å²) in [5.74, 6) is 0. The van der Waals surface area contributed by atoms with Crippen molar-refractivity contribution in [3.8, 4) is 0 Å². The van der Waals surface area contributed by atoms with Crippen LogP contribution in [0.15, 0.2) is 0 Å². The number of unbranched alkanes of at least 4 members (excludes halogenated alkanes) is 12. The molecule has 0 spiro atoms. The zero-order chi connectivity index (χ0) is 21.1. The van der Waals surface area contributed by atoms with Crippen molar-refractivity contribution in [2.45, 2.75) is 147 Å². The van der Waals surface area contributed by atoms with Crippen molar-refractivity contribution in [2.24, 2.45) is 0 Å². The first-order chi connectivity index (χ1) is 13.4. The Labute approximate surface area is 204 Å². The van der Waals surface area contributed by atoms with E-state index in [0.29, 0.717) is 12.8 Å². The largest absolute Gasteiger partial charge is 1.00 e. The Bertz CT molecular complexity index is 429. The molecule has 0 saturated carbocycles. The van der Waals surface area contributed by atoms with E-state index in [1.807, 2.05) is 0 Å². The molecule has 0 fully saturated rings. The minimum Gasteiger partial charge on any atom is -0.748 e. The van der Waals surface area contributed by atoms with Crippen molar-refractivity contribution >= 4 is 10.1 Å². The van der Waals surface area contributed by atoms with E-state index in [-0.39, 0.29) is 35.7 Å². The molecule has 1 N–H and O–H groups in total. The summed E-state index contributed by atoms with van der Waals surface area (Å²) < 4.78 is 34.1. The van der Waals surface area contributed by atoms with Gasteiger partial charge in [-0.05, 0) is 25.7 Å². The second kappa shape index (κ2) is 22.1. The fourth-order valence-electron chi connectivity index (χ4n) is 3.82. The van der Waals surface area contributed by atoms with Gasteiger partial charge in [0, 0.05) is 5.25 Å². The van der Waals surface area contributed by atoms with E-state index in [1.165, 1.54) is 44.9 Å². The summed E-state index contributed by atoms with van der Waals surface area (Å²) in [7, 11) is -4.14. The maximum absolute atomic E-state index is 11.4. The summed E-state index contributed by atoms with van der Waals surface area (Å²) in [6.45, 7) is 4.29. The average molecular weight is 443 g/mol. The standard InChI is InChI=1S/C23H48O4S.Na/c1-3-5-7-15-18-22(24)19-16-12-10-8-9-11-13-17-21-23(28(25,26)27)20-14-6-4-2;/h22-24H,3-21H2,1-2H3,(H,25,26,27);/q;+1/p-1. The van der Waals surface area contributed by atoms with Gasteiger partial charge in [0.15, 0.2) is 0 Å². The third kappa shape index (κ3) is 21.9. The molecule has 2 atom stereocenters. The third-order valence-corrected chi connectivity index (χ3v) is 7.03. The van der Waals surface area contributed by atoms with E-state index in [1.54, 1.807) is 0 Å². The van der Waals surface area contributed by atoms with Gasteiger partial charge < -0.3 is 9.66 Å². The van der Waals surface area contributed by atoms with Crippen molar-refractivity contribution in [1.29, 1.82) is 0 Å². The van der Waals surface area contributed by atoms with Gasteiger partial charge in [0.05, 0.1) is 16.2 Å². The van der Waals surface area contributed by atoms with Gasteiger partial charge in [-0.3, -0.25) is 0 Å². The van der Waals surface area contributed by atoms with Crippen LogP contribution in [0.3, 0.4) is 0 Å². The summed E-state index contributed by atoms with van der Waals surface area (Å²) >= 11 is 0. The minimum absolute atomic E-state index is 0. The van der Waals surface area contributed by atoms with Gasteiger partial charge in [-0.25, -0.2) is 8.42 Å². The average Bonchev–Trinajstić information content (AvgIpc) is 2.64. The zero-order valence-electron chi connectivity index (χ0n) is 19.7. The first-order valence-corrected chi connectivity index (χ1v) is 13.5. The molecule has 0 radical (unpaired) electrons. The van der Waals surface area contributed by atoms with Gasteiger partial charge in [-0.2, -0.15) is 0 Å². The third-order valence-electron chi connectivity index (χ3n) is 5.74. The van der Waals surface area contributed by atoms with Gasteiger partial charge >= 0.3 is 29.6 Å². The summed E-state index contributed by atoms with van der Waals surface area (Å²) in [6.07, 6.45) is 19.6. The van der Waals surface area contributed by atoms with E-state index in [2.05, 4.69) is 13.8 Å². The second-order valence-electron chi connectivity index (χ2n) is 8.52. The molecular weight excluding hydrogens is 395 g/mol. The molecule has 0 bridgehead atoms. The normalized spacial score (nSPS) is 13.8. The van der Waals surface area contributed by atoms with Crippen LogP contribution < -0.4 is 29.6 Å². The molecule has 0 amide bonds. The van der Waals surface area contributed by atoms with Gasteiger partial charge in [0.1, 0.15) is 0 Å². The predicted octanol–water partition coefficient (Wildman–Crippen LogP) is 3.72. The van der Waals surface area contributed by atoms with Crippen LogP contribution in [0.4, 0.5) is 0 Å². The van der Waals surface area contributed by atoms with Crippen molar-refractivity contribution in [3.05, 3.63) is 0 Å². The van der Waals surface area contributed by atoms with Crippen LogP contribution in [0.5, 0.6) is 0 Å². The molecular formula is C23H47NaO4S. The van der Waals surface area contributed by atoms with Gasteiger partial charge in [-0.1, -0.05) is 110 Å². The van der Waals surface area contributed by atoms with Crippen LogP contribution in [0, 0.1) is 0 Å². The number of aliphatic hydroxyl groups excluding tert-OH is 1. The smallest absolute Gasteiger partial charge is 0.748 e.